The summed E-state index contributed by atoms with van der Waals surface area (Å²) in [5.41, 5.74) is 2.22. The summed E-state index contributed by atoms with van der Waals surface area (Å²) in [5, 5.41) is 2.49. The van der Waals surface area contributed by atoms with Gasteiger partial charge >= 0.3 is 0 Å². The first-order chi connectivity index (χ1) is 14.8. The lowest BCUT2D eigenvalue weighted by atomic mass is 10.1. The molecule has 9 heteroatoms. The first-order valence-corrected chi connectivity index (χ1v) is 10.6. The monoisotopic (exact) mass is 460 g/mol. The van der Waals surface area contributed by atoms with Crippen LogP contribution < -0.4 is 14.8 Å². The number of amides is 3. The number of hydrogen-bond donors (Lipinski definition) is 1. The zero-order valence-corrected chi connectivity index (χ0v) is 18.8. The molecule has 0 bridgehead atoms. The maximum absolute atomic E-state index is 12.7. The summed E-state index contributed by atoms with van der Waals surface area (Å²) in [7, 11) is 1.48. The fraction of sp³-hybridized carbons (Fsp3) is 0.227. The van der Waals surface area contributed by atoms with E-state index in [2.05, 4.69) is 5.32 Å². The van der Waals surface area contributed by atoms with Gasteiger partial charge in [-0.05, 0) is 61.5 Å². The molecule has 0 saturated carbocycles. The van der Waals surface area contributed by atoms with Crippen LogP contribution >= 0.6 is 23.4 Å². The van der Waals surface area contributed by atoms with E-state index in [9.17, 15) is 14.4 Å². The molecule has 31 heavy (non-hydrogen) atoms. The van der Waals surface area contributed by atoms with Crippen molar-refractivity contribution < 1.29 is 23.9 Å². The molecule has 0 atom stereocenters. The summed E-state index contributed by atoms with van der Waals surface area (Å²) in [6, 6.07) is 10.5. The van der Waals surface area contributed by atoms with Crippen molar-refractivity contribution in [3.05, 3.63) is 57.5 Å². The van der Waals surface area contributed by atoms with Crippen molar-refractivity contribution in [3.63, 3.8) is 0 Å². The summed E-state index contributed by atoms with van der Waals surface area (Å²) in [5.74, 6) is -0.182. The average Bonchev–Trinajstić information content (AvgIpc) is 2.98. The molecule has 1 aliphatic heterocycles. The molecule has 7 nitrogen and oxygen atoms in total. The van der Waals surface area contributed by atoms with E-state index in [1.165, 1.54) is 13.2 Å². The first-order valence-electron chi connectivity index (χ1n) is 9.44. The Morgan fingerprint density at radius 1 is 1.23 bits per heavy atom. The molecule has 0 unspecified atom stereocenters. The van der Waals surface area contributed by atoms with Crippen LogP contribution in [0.1, 0.15) is 18.1 Å². The number of nitrogens with zero attached hydrogens (tertiary/aromatic N) is 1. The second kappa shape index (κ2) is 9.89. The van der Waals surface area contributed by atoms with Crippen molar-refractivity contribution in [1.29, 1.82) is 0 Å². The Kier molecular flexibility index (Phi) is 7.25. The molecular weight excluding hydrogens is 440 g/mol. The smallest absolute Gasteiger partial charge is 0.294 e. The van der Waals surface area contributed by atoms with Crippen molar-refractivity contribution >= 4 is 52.2 Å². The predicted molar refractivity (Wildman–Crippen MR) is 122 cm³/mol. The first kappa shape index (κ1) is 22.7. The largest absolute Gasteiger partial charge is 0.493 e. The number of hydrogen-bond acceptors (Lipinski definition) is 6. The molecule has 1 saturated heterocycles. The number of thioether (sulfide) groups is 1. The van der Waals surface area contributed by atoms with Crippen molar-refractivity contribution in [2.24, 2.45) is 0 Å². The Morgan fingerprint density at radius 3 is 2.58 bits per heavy atom. The number of nitrogens with one attached hydrogen (secondary N) is 1. The molecule has 0 spiro atoms. The molecular formula is C22H21ClN2O5S. The Hall–Kier alpha value is -2.97. The molecule has 2 aromatic rings. The number of ether oxygens (including phenoxy) is 2. The van der Waals surface area contributed by atoms with Crippen LogP contribution in [0, 0.1) is 6.92 Å². The highest BCUT2D eigenvalue weighted by atomic mass is 35.5. The van der Waals surface area contributed by atoms with Crippen LogP contribution in [0.4, 0.5) is 10.5 Å². The molecule has 1 fully saturated rings. The van der Waals surface area contributed by atoms with E-state index < -0.39 is 17.1 Å². The maximum atomic E-state index is 12.7. The summed E-state index contributed by atoms with van der Waals surface area (Å²) < 4.78 is 10.8. The highest BCUT2D eigenvalue weighted by Gasteiger charge is 2.36. The van der Waals surface area contributed by atoms with E-state index in [4.69, 9.17) is 21.1 Å². The van der Waals surface area contributed by atoms with E-state index in [1.54, 1.807) is 24.3 Å². The lowest BCUT2D eigenvalue weighted by Gasteiger charge is -2.13. The number of carbonyl (C=O) groups is 3. The predicted octanol–water partition coefficient (Wildman–Crippen LogP) is 4.73. The Morgan fingerprint density at radius 2 is 1.94 bits per heavy atom. The van der Waals surface area contributed by atoms with Crippen LogP contribution in [-0.4, -0.2) is 42.2 Å². The molecule has 2 aromatic carbocycles. The van der Waals surface area contributed by atoms with Crippen LogP contribution in [0.15, 0.2) is 41.3 Å². The maximum Gasteiger partial charge on any atom is 0.294 e. The van der Waals surface area contributed by atoms with Crippen LogP contribution in [-0.2, 0) is 9.59 Å². The van der Waals surface area contributed by atoms with E-state index in [-0.39, 0.29) is 11.4 Å². The van der Waals surface area contributed by atoms with Gasteiger partial charge in [-0.25, -0.2) is 0 Å². The lowest BCUT2D eigenvalue weighted by molar-refractivity contribution is -0.127. The number of anilines is 1. The minimum Gasteiger partial charge on any atom is -0.493 e. The van der Waals surface area contributed by atoms with Gasteiger partial charge in [0.15, 0.2) is 11.5 Å². The Balaban J connectivity index is 1.75. The number of benzene rings is 2. The number of carbonyl (C=O) groups excluding carboxylic acids is 3. The number of imide groups is 1. The van der Waals surface area contributed by atoms with E-state index >= 15 is 0 Å². The van der Waals surface area contributed by atoms with Crippen LogP contribution in [0.25, 0.3) is 6.08 Å². The van der Waals surface area contributed by atoms with Gasteiger partial charge in [0.1, 0.15) is 6.54 Å². The lowest BCUT2D eigenvalue weighted by Crippen LogP contribution is -2.36. The standard InChI is InChI=1S/C22H21ClN2O5S/c1-4-30-20-16(23)9-14(10-17(20)29-3)11-18-21(27)25(22(28)31-18)12-19(26)24-15-7-5-13(2)6-8-15/h5-11H,4,12H2,1-3H3,(H,24,26). The van der Waals surface area contributed by atoms with Gasteiger partial charge in [-0.2, -0.15) is 0 Å². The second-order valence-corrected chi connectivity index (χ2v) is 8.05. The molecule has 3 amide bonds. The third kappa shape index (κ3) is 5.39. The summed E-state index contributed by atoms with van der Waals surface area (Å²) >= 11 is 7.03. The molecule has 0 aromatic heterocycles. The minimum atomic E-state index is -0.543. The fourth-order valence-corrected chi connectivity index (χ4v) is 3.99. The minimum absolute atomic E-state index is 0.190. The Labute approximate surface area is 189 Å². The average molecular weight is 461 g/mol. The topological polar surface area (TPSA) is 84.9 Å². The SMILES string of the molecule is CCOc1c(Cl)cc(C=C2SC(=O)N(CC(=O)Nc3ccc(C)cc3)C2=O)cc1OC. The van der Waals surface area contributed by atoms with Gasteiger partial charge in [-0.15, -0.1) is 0 Å². The van der Waals surface area contributed by atoms with Gasteiger partial charge < -0.3 is 14.8 Å². The number of halogens is 1. The number of aryl methyl sites for hydroxylation is 1. The van der Waals surface area contributed by atoms with Crippen molar-refractivity contribution in [1.82, 2.24) is 4.90 Å². The van der Waals surface area contributed by atoms with Crippen molar-refractivity contribution in [3.8, 4) is 11.5 Å². The van der Waals surface area contributed by atoms with Gasteiger partial charge in [0.25, 0.3) is 11.1 Å². The summed E-state index contributed by atoms with van der Waals surface area (Å²) in [6.45, 7) is 3.81. The van der Waals surface area contributed by atoms with E-state index in [0.29, 0.717) is 34.4 Å². The van der Waals surface area contributed by atoms with Crippen molar-refractivity contribution in [2.45, 2.75) is 13.8 Å². The highest BCUT2D eigenvalue weighted by molar-refractivity contribution is 8.18. The molecule has 1 heterocycles. The van der Waals surface area contributed by atoms with Crippen molar-refractivity contribution in [2.75, 3.05) is 25.6 Å². The highest BCUT2D eigenvalue weighted by Crippen LogP contribution is 2.38. The van der Waals surface area contributed by atoms with Crippen LogP contribution in [0.2, 0.25) is 5.02 Å². The Bertz CT molecular complexity index is 1050. The normalized spacial score (nSPS) is 14.8. The van der Waals surface area contributed by atoms with E-state index in [0.717, 1.165) is 22.2 Å². The van der Waals surface area contributed by atoms with Gasteiger partial charge in [0.05, 0.1) is 23.6 Å². The zero-order valence-electron chi connectivity index (χ0n) is 17.2. The molecule has 1 N–H and O–H groups in total. The van der Waals surface area contributed by atoms with E-state index in [1.807, 2.05) is 26.0 Å². The molecule has 1 aliphatic rings. The molecule has 0 aliphatic carbocycles. The summed E-state index contributed by atoms with van der Waals surface area (Å²) in [6.07, 6.45) is 1.53. The molecule has 162 valence electrons. The van der Waals surface area contributed by atoms with Gasteiger partial charge in [-0.1, -0.05) is 29.3 Å². The third-order valence-corrected chi connectivity index (χ3v) is 5.54. The second-order valence-electron chi connectivity index (χ2n) is 6.65. The number of methoxy groups -OCH3 is 1. The molecule has 0 radical (unpaired) electrons. The van der Waals surface area contributed by atoms with Gasteiger partial charge in [-0.3, -0.25) is 19.3 Å². The van der Waals surface area contributed by atoms with Gasteiger partial charge in [0, 0.05) is 5.69 Å². The number of rotatable bonds is 7. The quantitative estimate of drug-likeness (QED) is 0.601. The van der Waals surface area contributed by atoms with Gasteiger partial charge in [0.2, 0.25) is 5.91 Å². The summed E-state index contributed by atoms with van der Waals surface area (Å²) in [4.78, 5) is 38.4. The van der Waals surface area contributed by atoms with Crippen LogP contribution in [0.3, 0.4) is 0 Å². The molecule has 3 rings (SSSR count). The zero-order chi connectivity index (χ0) is 22.5. The fourth-order valence-electron chi connectivity index (χ4n) is 2.88. The third-order valence-electron chi connectivity index (χ3n) is 4.35. The van der Waals surface area contributed by atoms with Crippen LogP contribution in [0.5, 0.6) is 11.5 Å².